The van der Waals surface area contributed by atoms with E-state index in [0.717, 1.165) is 13.1 Å². The van der Waals surface area contributed by atoms with Crippen molar-refractivity contribution in [2.24, 2.45) is 0 Å². The molecular formula is C21H28ClN4O+. The maximum absolute atomic E-state index is 12.3. The molecule has 6 heteroatoms. The maximum Gasteiger partial charge on any atom is 0.319 e. The molecule has 2 amide bonds. The number of hydrogen-bond donors (Lipinski definition) is 3. The highest BCUT2D eigenvalue weighted by Gasteiger charge is 2.27. The van der Waals surface area contributed by atoms with E-state index in [0.29, 0.717) is 17.3 Å². The summed E-state index contributed by atoms with van der Waals surface area (Å²) in [4.78, 5) is 16.0. The van der Waals surface area contributed by atoms with Gasteiger partial charge in [-0.05, 0) is 30.3 Å². The van der Waals surface area contributed by atoms with Crippen LogP contribution in [0.5, 0.6) is 0 Å². The summed E-state index contributed by atoms with van der Waals surface area (Å²) in [6.45, 7) is 2.90. The number of quaternary nitrogens is 1. The van der Waals surface area contributed by atoms with Crippen LogP contribution in [0, 0.1) is 0 Å². The molecule has 27 heavy (non-hydrogen) atoms. The minimum absolute atomic E-state index is 0.203. The van der Waals surface area contributed by atoms with Crippen LogP contribution in [0.3, 0.4) is 0 Å². The van der Waals surface area contributed by atoms with E-state index in [1.807, 2.05) is 26.2 Å². The average Bonchev–Trinajstić information content (AvgIpc) is 3.17. The Hall–Kier alpha value is -2.24. The second kappa shape index (κ2) is 9.11. The van der Waals surface area contributed by atoms with Gasteiger partial charge in [0.15, 0.2) is 0 Å². The fraction of sp³-hybridized carbons (Fsp3) is 0.381. The Balaban J connectivity index is 1.65. The predicted octanol–water partition coefficient (Wildman–Crippen LogP) is 2.95. The molecule has 0 unspecified atom stereocenters. The molecule has 0 saturated carbocycles. The summed E-state index contributed by atoms with van der Waals surface area (Å²) in [6.07, 6.45) is 2.49. The highest BCUT2D eigenvalue weighted by atomic mass is 35.5. The van der Waals surface area contributed by atoms with E-state index in [-0.39, 0.29) is 12.1 Å². The zero-order valence-corrected chi connectivity index (χ0v) is 16.7. The van der Waals surface area contributed by atoms with Crippen molar-refractivity contribution in [2.45, 2.75) is 18.9 Å². The molecule has 1 heterocycles. The number of rotatable bonds is 6. The minimum Gasteiger partial charge on any atom is -0.378 e. The molecule has 144 valence electrons. The van der Waals surface area contributed by atoms with Crippen LogP contribution in [-0.2, 0) is 0 Å². The van der Waals surface area contributed by atoms with Gasteiger partial charge >= 0.3 is 6.03 Å². The number of halogens is 1. The van der Waals surface area contributed by atoms with Crippen molar-refractivity contribution < 1.29 is 9.69 Å². The summed E-state index contributed by atoms with van der Waals surface area (Å²) in [5, 5.41) is 6.50. The van der Waals surface area contributed by atoms with Crippen molar-refractivity contribution in [1.29, 1.82) is 0 Å². The first kappa shape index (κ1) is 19.5. The van der Waals surface area contributed by atoms with Crippen molar-refractivity contribution in [2.75, 3.05) is 43.9 Å². The molecule has 1 aliphatic rings. The second-order valence-electron chi connectivity index (χ2n) is 7.25. The third-order valence-electron chi connectivity index (χ3n) is 5.10. The van der Waals surface area contributed by atoms with Gasteiger partial charge < -0.3 is 20.4 Å². The molecule has 2 aromatic rings. The van der Waals surface area contributed by atoms with Crippen LogP contribution in [0.1, 0.15) is 24.4 Å². The van der Waals surface area contributed by atoms with Crippen LogP contribution >= 0.6 is 11.6 Å². The Labute approximate surface area is 166 Å². The number of urea groups is 1. The highest BCUT2D eigenvalue weighted by Crippen LogP contribution is 2.17. The topological polar surface area (TPSA) is 48.8 Å². The molecule has 0 bridgehead atoms. The Morgan fingerprint density at radius 2 is 1.85 bits per heavy atom. The Morgan fingerprint density at radius 3 is 2.48 bits per heavy atom. The highest BCUT2D eigenvalue weighted by molar-refractivity contribution is 6.30. The smallest absolute Gasteiger partial charge is 0.319 e. The molecule has 3 rings (SSSR count). The maximum atomic E-state index is 12.3. The number of nitrogens with one attached hydrogen (secondary N) is 3. The molecule has 3 N–H and O–H groups in total. The van der Waals surface area contributed by atoms with Crippen LogP contribution in [0.15, 0.2) is 48.5 Å². The Bertz CT molecular complexity index is 757. The van der Waals surface area contributed by atoms with Crippen molar-refractivity contribution in [3.05, 3.63) is 59.1 Å². The van der Waals surface area contributed by atoms with Gasteiger partial charge in [0.05, 0.1) is 19.6 Å². The first-order valence-electron chi connectivity index (χ1n) is 9.45. The summed E-state index contributed by atoms with van der Waals surface area (Å²) >= 11 is 5.98. The molecule has 1 atom stereocenters. The van der Waals surface area contributed by atoms with E-state index in [1.54, 1.807) is 12.1 Å². The van der Waals surface area contributed by atoms with Gasteiger partial charge in [-0.25, -0.2) is 4.79 Å². The first-order valence-corrected chi connectivity index (χ1v) is 9.83. The molecule has 0 spiro atoms. The van der Waals surface area contributed by atoms with Gasteiger partial charge in [-0.15, -0.1) is 0 Å². The molecule has 2 aromatic carbocycles. The van der Waals surface area contributed by atoms with Crippen LogP contribution in [0.4, 0.5) is 16.2 Å². The number of nitrogens with zero attached hydrogens (tertiary/aromatic N) is 1. The molecule has 1 fully saturated rings. The van der Waals surface area contributed by atoms with E-state index in [2.05, 4.69) is 39.8 Å². The summed E-state index contributed by atoms with van der Waals surface area (Å²) in [6, 6.07) is 15.9. The number of anilines is 2. The largest absolute Gasteiger partial charge is 0.378 e. The van der Waals surface area contributed by atoms with Gasteiger partial charge in [0.25, 0.3) is 0 Å². The van der Waals surface area contributed by atoms with E-state index in [9.17, 15) is 4.79 Å². The Morgan fingerprint density at radius 1 is 1.15 bits per heavy atom. The van der Waals surface area contributed by atoms with E-state index < -0.39 is 0 Å². The summed E-state index contributed by atoms with van der Waals surface area (Å²) in [5.74, 6) is 0. The lowest BCUT2D eigenvalue weighted by Gasteiger charge is -2.26. The molecular weight excluding hydrogens is 360 g/mol. The van der Waals surface area contributed by atoms with Crippen molar-refractivity contribution in [3.63, 3.8) is 0 Å². The number of likely N-dealkylation sites (tertiary alicyclic amines) is 1. The summed E-state index contributed by atoms with van der Waals surface area (Å²) in [7, 11) is 4.08. The normalized spacial score (nSPS) is 15.4. The van der Waals surface area contributed by atoms with Gasteiger partial charge in [0, 0.05) is 48.9 Å². The van der Waals surface area contributed by atoms with Crippen LogP contribution < -0.4 is 20.4 Å². The number of benzene rings is 2. The quantitative estimate of drug-likeness (QED) is 0.713. The number of carbonyl (C=O) groups is 1. The van der Waals surface area contributed by atoms with Gasteiger partial charge in [0.2, 0.25) is 0 Å². The number of amides is 2. The van der Waals surface area contributed by atoms with E-state index in [4.69, 9.17) is 11.6 Å². The first-order chi connectivity index (χ1) is 13.0. The minimum atomic E-state index is -0.203. The zero-order chi connectivity index (χ0) is 19.2. The van der Waals surface area contributed by atoms with Gasteiger partial charge in [-0.3, -0.25) is 0 Å². The zero-order valence-electron chi connectivity index (χ0n) is 16.0. The number of carbonyl (C=O) groups excluding carboxylic acids is 1. The SMILES string of the molecule is CN(C)c1ccc([C@H](CNC(=O)Nc2cccc(Cl)c2)[NH+]2CCCC2)cc1. The van der Waals surface area contributed by atoms with Gasteiger partial charge in [-0.2, -0.15) is 0 Å². The van der Waals surface area contributed by atoms with Crippen LogP contribution in [0.25, 0.3) is 0 Å². The second-order valence-corrected chi connectivity index (χ2v) is 7.69. The fourth-order valence-electron chi connectivity index (χ4n) is 3.62. The molecule has 1 saturated heterocycles. The predicted molar refractivity (Wildman–Crippen MR) is 112 cm³/mol. The molecule has 5 nitrogen and oxygen atoms in total. The third-order valence-corrected chi connectivity index (χ3v) is 5.33. The third kappa shape index (κ3) is 5.37. The summed E-state index contributed by atoms with van der Waals surface area (Å²) < 4.78 is 0. The Kier molecular flexibility index (Phi) is 6.58. The van der Waals surface area contributed by atoms with E-state index >= 15 is 0 Å². The van der Waals surface area contributed by atoms with Crippen LogP contribution in [-0.4, -0.2) is 39.8 Å². The van der Waals surface area contributed by atoms with E-state index in [1.165, 1.54) is 29.0 Å². The van der Waals surface area contributed by atoms with Gasteiger partial charge in [-0.1, -0.05) is 29.8 Å². The summed E-state index contributed by atoms with van der Waals surface area (Å²) in [5.41, 5.74) is 3.14. The van der Waals surface area contributed by atoms with Crippen molar-refractivity contribution in [1.82, 2.24) is 5.32 Å². The lowest BCUT2D eigenvalue weighted by Crippen LogP contribution is -3.11. The van der Waals surface area contributed by atoms with Crippen molar-refractivity contribution >= 4 is 29.0 Å². The number of hydrogen-bond acceptors (Lipinski definition) is 2. The molecule has 1 aliphatic heterocycles. The van der Waals surface area contributed by atoms with Crippen molar-refractivity contribution in [3.8, 4) is 0 Å². The van der Waals surface area contributed by atoms with Gasteiger partial charge in [0.1, 0.15) is 6.04 Å². The fourth-order valence-corrected chi connectivity index (χ4v) is 3.81. The molecule has 0 aliphatic carbocycles. The van der Waals surface area contributed by atoms with Crippen LogP contribution in [0.2, 0.25) is 5.02 Å². The average molecular weight is 388 g/mol. The molecule has 0 radical (unpaired) electrons. The monoisotopic (exact) mass is 387 g/mol. The molecule has 0 aromatic heterocycles. The lowest BCUT2D eigenvalue weighted by molar-refractivity contribution is -0.918. The standard InChI is InChI=1S/C21H27ClN4O/c1-25(2)19-10-8-16(9-11-19)20(26-12-3-4-13-26)15-23-21(27)24-18-7-5-6-17(22)14-18/h5-11,14,20H,3-4,12-13,15H2,1-2H3,(H2,23,24,27)/p+1/t20-/m0/s1. The lowest BCUT2D eigenvalue weighted by atomic mass is 10.0.